The van der Waals surface area contributed by atoms with E-state index in [9.17, 15) is 4.39 Å². The summed E-state index contributed by atoms with van der Waals surface area (Å²) in [5, 5.41) is 3.24. The first-order valence-corrected chi connectivity index (χ1v) is 7.81. The molecule has 1 aromatic heterocycles. The molecule has 5 heteroatoms. The van der Waals surface area contributed by atoms with Gasteiger partial charge in [0.25, 0.3) is 0 Å². The van der Waals surface area contributed by atoms with Crippen LogP contribution in [0, 0.1) is 12.7 Å². The molecule has 0 saturated carbocycles. The number of halogens is 3. The van der Waals surface area contributed by atoms with Crippen molar-refractivity contribution in [3.8, 4) is 0 Å². The minimum absolute atomic E-state index is 0.00919. The summed E-state index contributed by atoms with van der Waals surface area (Å²) < 4.78 is 15.4. The Morgan fingerprint density at radius 2 is 1.94 bits per heavy atom. The van der Waals surface area contributed by atoms with E-state index in [1.54, 1.807) is 23.5 Å². The fourth-order valence-corrected chi connectivity index (χ4v) is 3.98. The average molecular weight is 393 g/mol. The van der Waals surface area contributed by atoms with Gasteiger partial charge in [0.05, 0.1) is 6.04 Å². The van der Waals surface area contributed by atoms with E-state index in [4.69, 9.17) is 0 Å². The molecule has 1 atom stereocenters. The minimum Gasteiger partial charge on any atom is -0.309 e. The number of rotatable bonds is 3. The SMILES string of the molecule is CNC(c1cc(Br)c(C)s1)c1cc(F)ccc1Br. The lowest BCUT2D eigenvalue weighted by Gasteiger charge is -2.16. The average Bonchev–Trinajstić information content (AvgIpc) is 2.65. The molecule has 1 unspecified atom stereocenters. The molecule has 1 N–H and O–H groups in total. The fraction of sp³-hybridized carbons (Fsp3) is 0.231. The topological polar surface area (TPSA) is 12.0 Å². The molecule has 0 aliphatic carbocycles. The maximum absolute atomic E-state index is 13.4. The summed E-state index contributed by atoms with van der Waals surface area (Å²) >= 11 is 8.70. The zero-order valence-electron chi connectivity index (χ0n) is 9.93. The lowest BCUT2D eigenvalue weighted by Crippen LogP contribution is -2.17. The molecule has 1 heterocycles. The van der Waals surface area contributed by atoms with E-state index in [0.717, 1.165) is 19.4 Å². The predicted molar refractivity (Wildman–Crippen MR) is 81.8 cm³/mol. The molecule has 96 valence electrons. The monoisotopic (exact) mass is 391 g/mol. The van der Waals surface area contributed by atoms with Crippen molar-refractivity contribution < 1.29 is 4.39 Å². The summed E-state index contributed by atoms with van der Waals surface area (Å²) in [6.45, 7) is 2.06. The maximum Gasteiger partial charge on any atom is 0.123 e. The van der Waals surface area contributed by atoms with Crippen LogP contribution in [0.3, 0.4) is 0 Å². The second kappa shape index (κ2) is 5.82. The molecule has 18 heavy (non-hydrogen) atoms. The van der Waals surface area contributed by atoms with Gasteiger partial charge in [0, 0.05) is 18.7 Å². The lowest BCUT2D eigenvalue weighted by molar-refractivity contribution is 0.617. The van der Waals surface area contributed by atoms with Crippen LogP contribution in [-0.4, -0.2) is 7.05 Å². The number of hydrogen-bond donors (Lipinski definition) is 1. The highest BCUT2D eigenvalue weighted by Crippen LogP contribution is 2.36. The van der Waals surface area contributed by atoms with Gasteiger partial charge in [-0.2, -0.15) is 0 Å². The number of hydrogen-bond acceptors (Lipinski definition) is 2. The Morgan fingerprint density at radius 3 is 2.50 bits per heavy atom. The zero-order chi connectivity index (χ0) is 13.3. The normalized spacial score (nSPS) is 12.7. The number of thiophene rings is 1. The molecule has 0 radical (unpaired) electrons. The van der Waals surface area contributed by atoms with E-state index in [-0.39, 0.29) is 11.9 Å². The van der Waals surface area contributed by atoms with Gasteiger partial charge in [0.15, 0.2) is 0 Å². The number of nitrogens with one attached hydrogen (secondary N) is 1. The quantitative estimate of drug-likeness (QED) is 0.772. The van der Waals surface area contributed by atoms with Gasteiger partial charge in [0.2, 0.25) is 0 Å². The summed E-state index contributed by atoms with van der Waals surface area (Å²) in [5.74, 6) is -0.221. The van der Waals surface area contributed by atoms with Gasteiger partial charge in [-0.05, 0) is 59.7 Å². The summed E-state index contributed by atoms with van der Waals surface area (Å²) in [7, 11) is 1.88. The van der Waals surface area contributed by atoms with E-state index in [1.807, 2.05) is 7.05 Å². The van der Waals surface area contributed by atoms with Crippen molar-refractivity contribution in [1.82, 2.24) is 5.32 Å². The Kier molecular flexibility index (Phi) is 4.59. The van der Waals surface area contributed by atoms with Crippen LogP contribution in [-0.2, 0) is 0 Å². The molecule has 1 aromatic carbocycles. The Labute approximate surface area is 127 Å². The van der Waals surface area contributed by atoms with Crippen molar-refractivity contribution in [2.75, 3.05) is 7.05 Å². The van der Waals surface area contributed by atoms with Crippen LogP contribution in [0.25, 0.3) is 0 Å². The van der Waals surface area contributed by atoms with Gasteiger partial charge in [-0.25, -0.2) is 4.39 Å². The molecular formula is C13H12Br2FNS. The molecular weight excluding hydrogens is 381 g/mol. The zero-order valence-corrected chi connectivity index (χ0v) is 13.9. The number of aryl methyl sites for hydroxylation is 1. The smallest absolute Gasteiger partial charge is 0.123 e. The third kappa shape index (κ3) is 2.85. The Hall–Kier alpha value is -0.230. The highest BCUT2D eigenvalue weighted by Gasteiger charge is 2.18. The van der Waals surface area contributed by atoms with Crippen LogP contribution in [0.2, 0.25) is 0 Å². The molecule has 0 amide bonds. The molecule has 0 aliphatic rings. The van der Waals surface area contributed by atoms with E-state index in [0.29, 0.717) is 0 Å². The standard InChI is InChI=1S/C13H12Br2FNS/c1-7-11(15)6-12(18-7)13(17-2)9-5-8(16)3-4-10(9)14/h3-6,13,17H,1-2H3. The third-order valence-corrected chi connectivity index (χ3v) is 5.64. The molecule has 0 saturated heterocycles. The van der Waals surface area contributed by atoms with Crippen LogP contribution in [0.4, 0.5) is 4.39 Å². The van der Waals surface area contributed by atoms with Gasteiger partial charge in [0.1, 0.15) is 5.82 Å². The van der Waals surface area contributed by atoms with E-state index >= 15 is 0 Å². The van der Waals surface area contributed by atoms with E-state index < -0.39 is 0 Å². The maximum atomic E-state index is 13.4. The Balaban J connectivity index is 2.48. The molecule has 0 aliphatic heterocycles. The molecule has 0 bridgehead atoms. The summed E-state index contributed by atoms with van der Waals surface area (Å²) in [6.07, 6.45) is 0. The summed E-state index contributed by atoms with van der Waals surface area (Å²) in [6, 6.07) is 6.83. The predicted octanol–water partition coefficient (Wildman–Crippen LogP) is 5.03. The third-order valence-electron chi connectivity index (χ3n) is 2.72. The number of benzene rings is 1. The van der Waals surface area contributed by atoms with Crippen LogP contribution in [0.1, 0.15) is 21.4 Å². The van der Waals surface area contributed by atoms with Gasteiger partial charge in [-0.1, -0.05) is 15.9 Å². The molecule has 1 nitrogen and oxygen atoms in total. The first kappa shape index (κ1) is 14.2. The summed E-state index contributed by atoms with van der Waals surface area (Å²) in [5.41, 5.74) is 0.909. The van der Waals surface area contributed by atoms with Crippen molar-refractivity contribution in [3.05, 3.63) is 54.3 Å². The van der Waals surface area contributed by atoms with Gasteiger partial charge in [-0.15, -0.1) is 11.3 Å². The van der Waals surface area contributed by atoms with Crippen molar-refractivity contribution in [2.24, 2.45) is 0 Å². The van der Waals surface area contributed by atoms with Crippen molar-refractivity contribution in [2.45, 2.75) is 13.0 Å². The highest BCUT2D eigenvalue weighted by atomic mass is 79.9. The first-order valence-electron chi connectivity index (χ1n) is 5.41. The molecule has 0 fully saturated rings. The first-order chi connectivity index (χ1) is 8.52. The van der Waals surface area contributed by atoms with E-state index in [2.05, 4.69) is 50.2 Å². The largest absolute Gasteiger partial charge is 0.309 e. The second-order valence-corrected chi connectivity index (χ2v) is 6.94. The fourth-order valence-electron chi connectivity index (χ4n) is 1.81. The van der Waals surface area contributed by atoms with Crippen molar-refractivity contribution >= 4 is 43.2 Å². The van der Waals surface area contributed by atoms with Crippen molar-refractivity contribution in [3.63, 3.8) is 0 Å². The van der Waals surface area contributed by atoms with Crippen LogP contribution in [0.5, 0.6) is 0 Å². The Morgan fingerprint density at radius 1 is 1.22 bits per heavy atom. The van der Waals surface area contributed by atoms with Crippen molar-refractivity contribution in [1.29, 1.82) is 0 Å². The molecule has 2 aromatic rings. The van der Waals surface area contributed by atoms with Gasteiger partial charge in [-0.3, -0.25) is 0 Å². The van der Waals surface area contributed by atoms with E-state index in [1.165, 1.54) is 10.9 Å². The van der Waals surface area contributed by atoms with Crippen LogP contribution in [0.15, 0.2) is 33.2 Å². The van der Waals surface area contributed by atoms with Gasteiger partial charge < -0.3 is 5.32 Å². The minimum atomic E-state index is -0.221. The second-order valence-electron chi connectivity index (χ2n) is 3.94. The van der Waals surface area contributed by atoms with Crippen LogP contribution >= 0.6 is 43.2 Å². The molecule has 2 rings (SSSR count). The highest BCUT2D eigenvalue weighted by molar-refractivity contribution is 9.10. The van der Waals surface area contributed by atoms with Crippen LogP contribution < -0.4 is 5.32 Å². The molecule has 0 spiro atoms. The lowest BCUT2D eigenvalue weighted by atomic mass is 10.1. The summed E-state index contributed by atoms with van der Waals surface area (Å²) in [4.78, 5) is 2.38. The Bertz CT molecular complexity index is 549. The van der Waals surface area contributed by atoms with Gasteiger partial charge >= 0.3 is 0 Å².